The lowest BCUT2D eigenvalue weighted by atomic mass is 10.2. The highest BCUT2D eigenvalue weighted by atomic mass is 32.2. The minimum atomic E-state index is -0.0478. The van der Waals surface area contributed by atoms with E-state index < -0.39 is 0 Å². The predicted molar refractivity (Wildman–Crippen MR) is 76.7 cm³/mol. The number of fused-ring (bicyclic) bond motifs is 1. The molecule has 0 unspecified atom stereocenters. The van der Waals surface area contributed by atoms with Gasteiger partial charge in [-0.15, -0.1) is 0 Å². The number of hydrogen-bond donors (Lipinski definition) is 2. The molecule has 0 aliphatic rings. The minimum Gasteiger partial charge on any atom is -0.508 e. The Morgan fingerprint density at radius 3 is 2.85 bits per heavy atom. The molecule has 2 heterocycles. The summed E-state index contributed by atoms with van der Waals surface area (Å²) >= 11 is 1.41. The zero-order valence-corrected chi connectivity index (χ0v) is 11.6. The molecule has 0 saturated heterocycles. The fourth-order valence-corrected chi connectivity index (χ4v) is 2.90. The number of aromatic hydroxyl groups is 1. The van der Waals surface area contributed by atoms with Crippen molar-refractivity contribution in [1.29, 1.82) is 0 Å². The summed E-state index contributed by atoms with van der Waals surface area (Å²) in [5.41, 5.74) is 0.746. The smallest absolute Gasteiger partial charge is 0.174 e. The molecule has 0 radical (unpaired) electrons. The molecule has 5 nitrogen and oxygen atoms in total. The molecular formula is C14H13N3O2S. The maximum atomic E-state index is 9.63. The van der Waals surface area contributed by atoms with E-state index in [-0.39, 0.29) is 12.4 Å². The molecule has 0 amide bonds. The summed E-state index contributed by atoms with van der Waals surface area (Å²) in [6.45, 7) is -0.0478. The fraction of sp³-hybridized carbons (Fsp3) is 0.143. The molecule has 6 heteroatoms. The Hall–Kier alpha value is -2.05. The first-order valence-corrected chi connectivity index (χ1v) is 6.87. The summed E-state index contributed by atoms with van der Waals surface area (Å²) in [6.07, 6.45) is 3.38. The number of imidazole rings is 1. The third-order valence-corrected chi connectivity index (χ3v) is 4.19. The summed E-state index contributed by atoms with van der Waals surface area (Å²) in [7, 11) is 1.85. The van der Waals surface area contributed by atoms with Gasteiger partial charge in [0.2, 0.25) is 0 Å². The van der Waals surface area contributed by atoms with E-state index in [1.165, 1.54) is 11.8 Å². The molecule has 1 aromatic carbocycles. The Balaban J connectivity index is 2.06. The van der Waals surface area contributed by atoms with E-state index in [1.807, 2.05) is 23.7 Å². The average Bonchev–Trinajstić information content (AvgIpc) is 2.80. The van der Waals surface area contributed by atoms with Crippen LogP contribution in [0.2, 0.25) is 0 Å². The first-order valence-electron chi connectivity index (χ1n) is 6.06. The lowest BCUT2D eigenvalue weighted by Crippen LogP contribution is -1.97. The van der Waals surface area contributed by atoms with Gasteiger partial charge < -0.3 is 14.8 Å². The number of aliphatic hydroxyl groups is 1. The van der Waals surface area contributed by atoms with Crippen LogP contribution in [-0.4, -0.2) is 24.7 Å². The monoisotopic (exact) mass is 287 g/mol. The Morgan fingerprint density at radius 2 is 2.10 bits per heavy atom. The molecule has 2 N–H and O–H groups in total. The van der Waals surface area contributed by atoms with Crippen LogP contribution in [0.1, 0.15) is 5.69 Å². The van der Waals surface area contributed by atoms with Gasteiger partial charge in [-0.2, -0.15) is 0 Å². The molecule has 0 spiro atoms. The number of pyridine rings is 1. The number of nitrogens with zero attached hydrogens (tertiary/aromatic N) is 3. The highest BCUT2D eigenvalue weighted by molar-refractivity contribution is 7.99. The van der Waals surface area contributed by atoms with Crippen molar-refractivity contribution in [1.82, 2.24) is 14.5 Å². The van der Waals surface area contributed by atoms with Gasteiger partial charge in [-0.1, -0.05) is 6.07 Å². The predicted octanol–water partition coefficient (Wildman–Crippen LogP) is 2.32. The second kappa shape index (κ2) is 5.15. The molecule has 0 atom stereocenters. The number of rotatable bonds is 3. The van der Waals surface area contributed by atoms with Crippen molar-refractivity contribution >= 4 is 22.5 Å². The number of phenols is 1. The lowest BCUT2D eigenvalue weighted by Gasteiger charge is -2.06. The van der Waals surface area contributed by atoms with Crippen LogP contribution in [0, 0.1) is 0 Å². The van der Waals surface area contributed by atoms with E-state index in [4.69, 9.17) is 0 Å². The van der Waals surface area contributed by atoms with Crippen LogP contribution in [0.3, 0.4) is 0 Å². The third-order valence-electron chi connectivity index (χ3n) is 3.10. The van der Waals surface area contributed by atoms with Crippen molar-refractivity contribution in [3.63, 3.8) is 0 Å². The van der Waals surface area contributed by atoms with Crippen molar-refractivity contribution in [2.75, 3.05) is 0 Å². The van der Waals surface area contributed by atoms with Crippen LogP contribution in [-0.2, 0) is 13.7 Å². The van der Waals surface area contributed by atoms with E-state index >= 15 is 0 Å². The summed E-state index contributed by atoms with van der Waals surface area (Å²) in [5, 5.41) is 22.2. The van der Waals surface area contributed by atoms with E-state index in [0.29, 0.717) is 0 Å². The number of phenolic OH excluding ortho intramolecular Hbond substituents is 1. The Morgan fingerprint density at radius 1 is 1.25 bits per heavy atom. The van der Waals surface area contributed by atoms with E-state index in [0.717, 1.165) is 26.6 Å². The zero-order valence-electron chi connectivity index (χ0n) is 10.8. The van der Waals surface area contributed by atoms with Gasteiger partial charge in [0.15, 0.2) is 5.16 Å². The van der Waals surface area contributed by atoms with Crippen molar-refractivity contribution in [2.24, 2.45) is 7.05 Å². The van der Waals surface area contributed by atoms with Crippen LogP contribution < -0.4 is 0 Å². The topological polar surface area (TPSA) is 71.2 Å². The summed E-state index contributed by atoms with van der Waals surface area (Å²) in [4.78, 5) is 8.63. The quantitative estimate of drug-likeness (QED) is 0.773. The van der Waals surface area contributed by atoms with Crippen LogP contribution in [0.25, 0.3) is 10.8 Å². The summed E-state index contributed by atoms with van der Waals surface area (Å²) < 4.78 is 1.83. The maximum Gasteiger partial charge on any atom is 0.174 e. The summed E-state index contributed by atoms with van der Waals surface area (Å²) in [5.74, 6) is 0.211. The second-order valence-electron chi connectivity index (χ2n) is 4.37. The number of benzene rings is 1. The van der Waals surface area contributed by atoms with Gasteiger partial charge in [0.05, 0.1) is 18.5 Å². The van der Waals surface area contributed by atoms with Gasteiger partial charge in [-0.25, -0.2) is 9.97 Å². The first-order chi connectivity index (χ1) is 9.69. The van der Waals surface area contributed by atoms with Crippen molar-refractivity contribution in [3.8, 4) is 5.75 Å². The molecule has 0 aliphatic heterocycles. The number of hydrogen-bond acceptors (Lipinski definition) is 5. The Bertz CT molecular complexity index is 770. The van der Waals surface area contributed by atoms with E-state index in [1.54, 1.807) is 24.5 Å². The van der Waals surface area contributed by atoms with Crippen molar-refractivity contribution < 1.29 is 10.2 Å². The largest absolute Gasteiger partial charge is 0.508 e. The number of aromatic nitrogens is 3. The molecule has 0 saturated carbocycles. The molecule has 0 aliphatic carbocycles. The molecular weight excluding hydrogens is 274 g/mol. The van der Waals surface area contributed by atoms with Gasteiger partial charge in [-0.05, 0) is 35.3 Å². The third kappa shape index (κ3) is 2.23. The Kier molecular flexibility index (Phi) is 3.33. The molecule has 3 rings (SSSR count). The molecule has 3 aromatic rings. The van der Waals surface area contributed by atoms with E-state index in [9.17, 15) is 10.2 Å². The van der Waals surface area contributed by atoms with Crippen molar-refractivity contribution in [2.45, 2.75) is 16.8 Å². The van der Waals surface area contributed by atoms with Gasteiger partial charge in [0.1, 0.15) is 10.8 Å². The van der Waals surface area contributed by atoms with Crippen molar-refractivity contribution in [3.05, 3.63) is 42.4 Å². The first kappa shape index (κ1) is 13.0. The summed E-state index contributed by atoms with van der Waals surface area (Å²) in [6, 6.07) is 7.10. The fourth-order valence-electron chi connectivity index (χ4n) is 1.96. The number of aliphatic hydroxyl groups excluding tert-OH is 1. The average molecular weight is 287 g/mol. The lowest BCUT2D eigenvalue weighted by molar-refractivity contribution is 0.271. The zero-order chi connectivity index (χ0) is 14.1. The van der Waals surface area contributed by atoms with Gasteiger partial charge in [0.25, 0.3) is 0 Å². The highest BCUT2D eigenvalue weighted by Gasteiger charge is 2.11. The molecule has 20 heavy (non-hydrogen) atoms. The minimum absolute atomic E-state index is 0.0478. The Labute approximate surface area is 119 Å². The molecule has 2 aromatic heterocycles. The van der Waals surface area contributed by atoms with Crippen LogP contribution in [0.4, 0.5) is 0 Å². The standard InChI is InChI=1S/C14H13N3O2S/c1-17-10(8-18)7-16-14(17)20-13-12-6-11(19)3-2-9(12)4-5-15-13/h2-7,18-19H,8H2,1H3. The van der Waals surface area contributed by atoms with Crippen LogP contribution >= 0.6 is 11.8 Å². The second-order valence-corrected chi connectivity index (χ2v) is 5.33. The van der Waals surface area contributed by atoms with Gasteiger partial charge in [0, 0.05) is 18.6 Å². The molecule has 0 bridgehead atoms. The van der Waals surface area contributed by atoms with Crippen LogP contribution in [0.5, 0.6) is 5.75 Å². The maximum absolute atomic E-state index is 9.63. The van der Waals surface area contributed by atoms with Gasteiger partial charge in [-0.3, -0.25) is 0 Å². The molecule has 0 fully saturated rings. The normalized spacial score (nSPS) is 11.1. The highest BCUT2D eigenvalue weighted by Crippen LogP contribution is 2.32. The van der Waals surface area contributed by atoms with E-state index in [2.05, 4.69) is 9.97 Å². The molecule has 102 valence electrons. The SMILES string of the molecule is Cn1c(CO)cnc1Sc1nccc2ccc(O)cc12. The van der Waals surface area contributed by atoms with Crippen LogP contribution in [0.15, 0.2) is 46.8 Å². The van der Waals surface area contributed by atoms with Gasteiger partial charge >= 0.3 is 0 Å².